The van der Waals surface area contributed by atoms with Gasteiger partial charge in [-0.1, -0.05) is 30.3 Å². The molecule has 1 unspecified atom stereocenters. The number of carbonyl (C=O) groups excluding carboxylic acids is 1. The van der Waals surface area contributed by atoms with Crippen molar-refractivity contribution in [2.75, 3.05) is 20.2 Å². The van der Waals surface area contributed by atoms with Crippen LogP contribution in [-0.4, -0.2) is 42.1 Å². The molecule has 132 valence electrons. The zero-order valence-corrected chi connectivity index (χ0v) is 15.1. The number of hydrogen-bond acceptors (Lipinski definition) is 3. The predicted octanol–water partition coefficient (Wildman–Crippen LogP) is 4.09. The summed E-state index contributed by atoms with van der Waals surface area (Å²) in [4.78, 5) is 19.2. The van der Waals surface area contributed by atoms with Gasteiger partial charge in [0.1, 0.15) is 0 Å². The van der Waals surface area contributed by atoms with Crippen LogP contribution >= 0.6 is 0 Å². The minimum Gasteiger partial charge on any atom is -0.378 e. The number of aromatic nitrogens is 1. The Morgan fingerprint density at radius 1 is 1.24 bits per heavy atom. The van der Waals surface area contributed by atoms with Crippen molar-refractivity contribution in [3.05, 3.63) is 53.9 Å². The zero-order chi connectivity index (χ0) is 17.6. The number of ether oxygens (including phenoxy) is 1. The van der Waals surface area contributed by atoms with Crippen molar-refractivity contribution in [3.63, 3.8) is 0 Å². The van der Waals surface area contributed by atoms with Crippen LogP contribution in [0.3, 0.4) is 0 Å². The highest BCUT2D eigenvalue weighted by molar-refractivity contribution is 6.01. The van der Waals surface area contributed by atoms with Crippen molar-refractivity contribution in [3.8, 4) is 11.1 Å². The highest BCUT2D eigenvalue weighted by Gasteiger charge is 2.21. The summed E-state index contributed by atoms with van der Waals surface area (Å²) >= 11 is 0. The van der Waals surface area contributed by atoms with Crippen LogP contribution in [0, 0.1) is 6.92 Å². The van der Waals surface area contributed by atoms with Gasteiger partial charge in [-0.3, -0.25) is 9.78 Å². The Bertz CT molecular complexity index is 709. The zero-order valence-electron chi connectivity index (χ0n) is 15.1. The Kier molecular flexibility index (Phi) is 5.82. The molecule has 25 heavy (non-hydrogen) atoms. The van der Waals surface area contributed by atoms with Gasteiger partial charge in [0.05, 0.1) is 17.4 Å². The summed E-state index contributed by atoms with van der Waals surface area (Å²) in [5.74, 6) is 0.0280. The van der Waals surface area contributed by atoms with Crippen molar-refractivity contribution in [2.45, 2.75) is 38.7 Å². The van der Waals surface area contributed by atoms with E-state index in [1.165, 1.54) is 6.42 Å². The van der Waals surface area contributed by atoms with Crippen molar-refractivity contribution in [2.24, 2.45) is 0 Å². The number of hydrogen-bond donors (Lipinski definition) is 0. The summed E-state index contributed by atoms with van der Waals surface area (Å²) in [6, 6.07) is 11.9. The number of pyridine rings is 1. The molecule has 4 heteroatoms. The molecule has 0 N–H and O–H groups in total. The molecule has 0 radical (unpaired) electrons. The van der Waals surface area contributed by atoms with E-state index in [4.69, 9.17) is 4.74 Å². The molecule has 1 aliphatic rings. The van der Waals surface area contributed by atoms with Crippen LogP contribution in [0.2, 0.25) is 0 Å². The van der Waals surface area contributed by atoms with Gasteiger partial charge in [-0.05, 0) is 49.8 Å². The Hall–Kier alpha value is -2.20. The molecular weight excluding hydrogens is 312 g/mol. The van der Waals surface area contributed by atoms with Crippen LogP contribution in [0.15, 0.2) is 42.6 Å². The lowest BCUT2D eigenvalue weighted by molar-refractivity contribution is 0.00709. The van der Waals surface area contributed by atoms with E-state index in [-0.39, 0.29) is 12.0 Å². The molecule has 1 saturated heterocycles. The van der Waals surface area contributed by atoms with E-state index in [9.17, 15) is 4.79 Å². The van der Waals surface area contributed by atoms with Gasteiger partial charge in [0, 0.05) is 26.4 Å². The first-order valence-electron chi connectivity index (χ1n) is 9.05. The second-order valence-corrected chi connectivity index (χ2v) is 6.69. The standard InChI is InChI=1S/C21H26N2O2/c1-16-20(19(11-13-22-16)17-8-4-3-5-9-17)21(24)23(2)14-12-18-10-6-7-15-25-18/h3-5,8-9,11,13,18H,6-7,10,12,14-15H2,1-2H3. The normalized spacial score (nSPS) is 17.3. The van der Waals surface area contributed by atoms with Crippen LogP contribution < -0.4 is 0 Å². The van der Waals surface area contributed by atoms with Crippen molar-refractivity contribution in [1.29, 1.82) is 0 Å². The second-order valence-electron chi connectivity index (χ2n) is 6.69. The minimum absolute atomic E-state index is 0.0280. The third kappa shape index (κ3) is 4.26. The predicted molar refractivity (Wildman–Crippen MR) is 99.6 cm³/mol. The third-order valence-corrected chi connectivity index (χ3v) is 4.85. The van der Waals surface area contributed by atoms with Crippen molar-refractivity contribution < 1.29 is 9.53 Å². The molecule has 4 nitrogen and oxygen atoms in total. The van der Waals surface area contributed by atoms with Gasteiger partial charge in [0.15, 0.2) is 0 Å². The maximum Gasteiger partial charge on any atom is 0.256 e. The summed E-state index contributed by atoms with van der Waals surface area (Å²) in [7, 11) is 1.87. The van der Waals surface area contributed by atoms with Crippen molar-refractivity contribution in [1.82, 2.24) is 9.88 Å². The third-order valence-electron chi connectivity index (χ3n) is 4.85. The Morgan fingerprint density at radius 2 is 2.04 bits per heavy atom. The molecule has 0 spiro atoms. The molecule has 2 aromatic rings. The molecule has 3 rings (SSSR count). The minimum atomic E-state index is 0.0280. The molecule has 1 amide bonds. The van der Waals surface area contributed by atoms with Gasteiger partial charge in [-0.2, -0.15) is 0 Å². The van der Waals surface area contributed by atoms with Gasteiger partial charge in [-0.15, -0.1) is 0 Å². The lowest BCUT2D eigenvalue weighted by atomic mass is 9.98. The summed E-state index contributed by atoms with van der Waals surface area (Å²) in [6.07, 6.45) is 6.42. The number of aryl methyl sites for hydroxylation is 1. The first kappa shape index (κ1) is 17.6. The maximum absolute atomic E-state index is 13.1. The van der Waals surface area contributed by atoms with Crippen LogP contribution in [-0.2, 0) is 4.74 Å². The first-order chi connectivity index (χ1) is 12.2. The van der Waals surface area contributed by atoms with E-state index < -0.39 is 0 Å². The SMILES string of the molecule is Cc1nccc(-c2ccccc2)c1C(=O)N(C)CCC1CCCCO1. The largest absolute Gasteiger partial charge is 0.378 e. The molecule has 0 saturated carbocycles. The van der Waals surface area contributed by atoms with Gasteiger partial charge >= 0.3 is 0 Å². The Balaban J connectivity index is 1.77. The summed E-state index contributed by atoms with van der Waals surface area (Å²) in [5, 5.41) is 0. The number of benzene rings is 1. The molecule has 1 atom stereocenters. The fraction of sp³-hybridized carbons (Fsp3) is 0.429. The van der Waals surface area contributed by atoms with E-state index in [1.54, 1.807) is 11.1 Å². The quantitative estimate of drug-likeness (QED) is 0.825. The van der Waals surface area contributed by atoms with E-state index >= 15 is 0 Å². The number of carbonyl (C=O) groups is 1. The lowest BCUT2D eigenvalue weighted by Gasteiger charge is -2.26. The highest BCUT2D eigenvalue weighted by atomic mass is 16.5. The summed E-state index contributed by atoms with van der Waals surface area (Å²) in [5.41, 5.74) is 3.45. The second kappa shape index (κ2) is 8.26. The van der Waals surface area contributed by atoms with E-state index in [0.29, 0.717) is 12.1 Å². The maximum atomic E-state index is 13.1. The average Bonchev–Trinajstić information content (AvgIpc) is 2.67. The molecule has 1 aliphatic heterocycles. The smallest absolute Gasteiger partial charge is 0.256 e. The number of amides is 1. The number of rotatable bonds is 5. The number of nitrogens with zero attached hydrogens (tertiary/aromatic N) is 2. The fourth-order valence-corrected chi connectivity index (χ4v) is 3.36. The average molecular weight is 338 g/mol. The molecule has 0 bridgehead atoms. The highest BCUT2D eigenvalue weighted by Crippen LogP contribution is 2.26. The van der Waals surface area contributed by atoms with E-state index in [1.807, 2.05) is 50.4 Å². The fourth-order valence-electron chi connectivity index (χ4n) is 3.36. The van der Waals surface area contributed by atoms with E-state index in [0.717, 1.165) is 42.7 Å². The molecule has 2 heterocycles. The van der Waals surface area contributed by atoms with E-state index in [2.05, 4.69) is 4.98 Å². The summed E-state index contributed by atoms with van der Waals surface area (Å²) < 4.78 is 5.78. The molecular formula is C21H26N2O2. The van der Waals surface area contributed by atoms with Gasteiger partial charge < -0.3 is 9.64 Å². The van der Waals surface area contributed by atoms with Crippen LogP contribution in [0.1, 0.15) is 41.7 Å². The Labute approximate surface area is 149 Å². The van der Waals surface area contributed by atoms with Gasteiger partial charge in [0.2, 0.25) is 0 Å². The molecule has 1 aromatic carbocycles. The van der Waals surface area contributed by atoms with Crippen LogP contribution in [0.25, 0.3) is 11.1 Å². The van der Waals surface area contributed by atoms with Crippen LogP contribution in [0.4, 0.5) is 0 Å². The Morgan fingerprint density at radius 3 is 2.76 bits per heavy atom. The monoisotopic (exact) mass is 338 g/mol. The molecule has 0 aliphatic carbocycles. The van der Waals surface area contributed by atoms with Gasteiger partial charge in [-0.25, -0.2) is 0 Å². The molecule has 1 fully saturated rings. The summed E-state index contributed by atoms with van der Waals surface area (Å²) in [6.45, 7) is 3.45. The molecule has 1 aromatic heterocycles. The van der Waals surface area contributed by atoms with Gasteiger partial charge in [0.25, 0.3) is 5.91 Å². The van der Waals surface area contributed by atoms with Crippen LogP contribution in [0.5, 0.6) is 0 Å². The van der Waals surface area contributed by atoms with Crippen molar-refractivity contribution >= 4 is 5.91 Å². The lowest BCUT2D eigenvalue weighted by Crippen LogP contribution is -2.32. The first-order valence-corrected chi connectivity index (χ1v) is 9.05. The topological polar surface area (TPSA) is 42.4 Å².